The zero-order valence-corrected chi connectivity index (χ0v) is 18.7. The molecule has 4 heteroatoms. The van der Waals surface area contributed by atoms with Gasteiger partial charge in [-0.25, -0.2) is 0 Å². The Balaban J connectivity index is 1.32. The summed E-state index contributed by atoms with van der Waals surface area (Å²) in [6, 6.07) is 16.9. The molecule has 2 aromatic rings. The molecule has 0 aliphatic carbocycles. The van der Waals surface area contributed by atoms with Gasteiger partial charge in [-0.3, -0.25) is 9.69 Å². The molecule has 0 unspecified atom stereocenters. The van der Waals surface area contributed by atoms with Crippen molar-refractivity contribution in [2.24, 2.45) is 5.92 Å². The van der Waals surface area contributed by atoms with Crippen molar-refractivity contribution in [3.63, 3.8) is 0 Å². The van der Waals surface area contributed by atoms with Crippen LogP contribution in [0, 0.1) is 12.8 Å². The van der Waals surface area contributed by atoms with Gasteiger partial charge >= 0.3 is 0 Å². The third-order valence-corrected chi connectivity index (χ3v) is 5.85. The van der Waals surface area contributed by atoms with Crippen molar-refractivity contribution in [1.82, 2.24) is 10.2 Å². The lowest BCUT2D eigenvalue weighted by atomic mass is 9.95. The Bertz CT molecular complexity index is 793. The van der Waals surface area contributed by atoms with Crippen molar-refractivity contribution in [3.05, 3.63) is 65.2 Å². The van der Waals surface area contributed by atoms with Gasteiger partial charge in [-0.05, 0) is 88.4 Å². The van der Waals surface area contributed by atoms with Crippen LogP contribution < -0.4 is 10.1 Å². The van der Waals surface area contributed by atoms with Crippen molar-refractivity contribution in [1.29, 1.82) is 0 Å². The molecule has 0 radical (unpaired) electrons. The molecule has 162 valence electrons. The number of rotatable bonds is 9. The third-order valence-electron chi connectivity index (χ3n) is 5.85. The van der Waals surface area contributed by atoms with E-state index in [0.717, 1.165) is 57.6 Å². The highest BCUT2D eigenvalue weighted by molar-refractivity contribution is 5.78. The molecule has 1 heterocycles. The largest absolute Gasteiger partial charge is 0.491 e. The van der Waals surface area contributed by atoms with Gasteiger partial charge in [-0.15, -0.1) is 0 Å². The zero-order valence-electron chi connectivity index (χ0n) is 18.7. The number of amides is 1. The Labute approximate surface area is 181 Å². The minimum absolute atomic E-state index is 0.158. The number of benzene rings is 2. The van der Waals surface area contributed by atoms with Gasteiger partial charge in [0, 0.05) is 19.0 Å². The molecule has 1 N–H and O–H groups in total. The first kappa shape index (κ1) is 22.4. The average Bonchev–Trinajstić information content (AvgIpc) is 2.74. The number of hydrogen-bond acceptors (Lipinski definition) is 3. The minimum atomic E-state index is 0.158. The van der Waals surface area contributed by atoms with E-state index in [9.17, 15) is 4.79 Å². The molecule has 1 saturated heterocycles. The summed E-state index contributed by atoms with van der Waals surface area (Å²) in [6.07, 6.45) is 4.03. The van der Waals surface area contributed by atoms with Crippen molar-refractivity contribution in [2.75, 3.05) is 19.6 Å². The second-order valence-electron chi connectivity index (χ2n) is 8.68. The number of hydrogen-bond donors (Lipinski definition) is 1. The SMILES string of the molecule is Cc1ccccc1CN1CCC(C(=O)NCCCc2ccc(OC(C)C)cc2)CC1. The molecular formula is C26H36N2O2. The highest BCUT2D eigenvalue weighted by Gasteiger charge is 2.24. The van der Waals surface area contributed by atoms with Crippen molar-refractivity contribution < 1.29 is 9.53 Å². The molecule has 0 spiro atoms. The van der Waals surface area contributed by atoms with E-state index in [4.69, 9.17) is 4.74 Å². The van der Waals surface area contributed by atoms with Crippen LogP contribution in [0.5, 0.6) is 5.75 Å². The van der Waals surface area contributed by atoms with Gasteiger partial charge in [-0.2, -0.15) is 0 Å². The number of carbonyl (C=O) groups is 1. The van der Waals surface area contributed by atoms with Crippen LogP contribution in [-0.4, -0.2) is 36.5 Å². The lowest BCUT2D eigenvalue weighted by molar-refractivity contribution is -0.126. The summed E-state index contributed by atoms with van der Waals surface area (Å²) < 4.78 is 5.68. The predicted octanol–water partition coefficient (Wildman–Crippen LogP) is 4.74. The van der Waals surface area contributed by atoms with Crippen molar-refractivity contribution in [2.45, 2.75) is 59.1 Å². The molecule has 1 fully saturated rings. The Kier molecular flexibility index (Phi) is 8.32. The summed E-state index contributed by atoms with van der Waals surface area (Å²) in [6.45, 7) is 9.96. The quantitative estimate of drug-likeness (QED) is 0.609. The fourth-order valence-electron chi connectivity index (χ4n) is 4.04. The second kappa shape index (κ2) is 11.2. The smallest absolute Gasteiger partial charge is 0.223 e. The molecule has 0 aromatic heterocycles. The van der Waals surface area contributed by atoms with Gasteiger partial charge in [0.15, 0.2) is 0 Å². The van der Waals surface area contributed by atoms with Crippen LogP contribution in [0.2, 0.25) is 0 Å². The van der Waals surface area contributed by atoms with Crippen LogP contribution in [0.15, 0.2) is 48.5 Å². The maximum absolute atomic E-state index is 12.5. The Morgan fingerprint density at radius 2 is 1.80 bits per heavy atom. The number of ether oxygens (including phenoxy) is 1. The second-order valence-corrected chi connectivity index (χ2v) is 8.68. The van der Waals surface area contributed by atoms with E-state index in [0.29, 0.717) is 0 Å². The molecule has 2 aromatic carbocycles. The molecule has 3 rings (SSSR count). The average molecular weight is 409 g/mol. The zero-order chi connectivity index (χ0) is 21.3. The van der Waals surface area contributed by atoms with Gasteiger partial charge < -0.3 is 10.1 Å². The number of nitrogens with one attached hydrogen (secondary N) is 1. The fourth-order valence-corrected chi connectivity index (χ4v) is 4.04. The number of aryl methyl sites for hydroxylation is 2. The van der Waals surface area contributed by atoms with Crippen molar-refractivity contribution >= 4 is 5.91 Å². The summed E-state index contributed by atoms with van der Waals surface area (Å²) in [5.74, 6) is 1.30. The molecule has 0 atom stereocenters. The molecule has 0 saturated carbocycles. The summed E-state index contributed by atoms with van der Waals surface area (Å²) in [5, 5.41) is 3.15. The molecule has 1 amide bonds. The molecule has 4 nitrogen and oxygen atoms in total. The van der Waals surface area contributed by atoms with Gasteiger partial charge in [0.2, 0.25) is 5.91 Å². The first-order valence-corrected chi connectivity index (χ1v) is 11.3. The summed E-state index contributed by atoms with van der Waals surface area (Å²) in [7, 11) is 0. The van der Waals surface area contributed by atoms with Crippen molar-refractivity contribution in [3.8, 4) is 5.75 Å². The van der Waals surface area contributed by atoms with Gasteiger partial charge in [0.25, 0.3) is 0 Å². The van der Waals surface area contributed by atoms with E-state index in [1.165, 1.54) is 16.7 Å². The lowest BCUT2D eigenvalue weighted by Gasteiger charge is -2.31. The summed E-state index contributed by atoms with van der Waals surface area (Å²) in [4.78, 5) is 15.0. The molecular weight excluding hydrogens is 372 g/mol. The summed E-state index contributed by atoms with van der Waals surface area (Å²) in [5.41, 5.74) is 4.02. The van der Waals surface area contributed by atoms with E-state index >= 15 is 0 Å². The van der Waals surface area contributed by atoms with Crippen LogP contribution in [0.3, 0.4) is 0 Å². The third kappa shape index (κ3) is 6.88. The van der Waals surface area contributed by atoms with E-state index < -0.39 is 0 Å². The highest BCUT2D eigenvalue weighted by atomic mass is 16.5. The predicted molar refractivity (Wildman–Crippen MR) is 123 cm³/mol. The number of nitrogens with zero attached hydrogens (tertiary/aromatic N) is 1. The highest BCUT2D eigenvalue weighted by Crippen LogP contribution is 2.20. The topological polar surface area (TPSA) is 41.6 Å². The molecule has 1 aliphatic rings. The maximum atomic E-state index is 12.5. The van der Waals surface area contributed by atoms with E-state index in [1.807, 2.05) is 26.0 Å². The van der Waals surface area contributed by atoms with E-state index in [2.05, 4.69) is 53.5 Å². The molecule has 1 aliphatic heterocycles. The van der Waals surface area contributed by atoms with Crippen LogP contribution in [0.25, 0.3) is 0 Å². The normalized spacial score (nSPS) is 15.3. The van der Waals surface area contributed by atoms with E-state index in [-0.39, 0.29) is 17.9 Å². The minimum Gasteiger partial charge on any atom is -0.491 e. The Morgan fingerprint density at radius 1 is 1.10 bits per heavy atom. The number of carbonyl (C=O) groups excluding carboxylic acids is 1. The summed E-state index contributed by atoms with van der Waals surface area (Å²) >= 11 is 0. The molecule has 30 heavy (non-hydrogen) atoms. The van der Waals surface area contributed by atoms with Crippen LogP contribution >= 0.6 is 0 Å². The maximum Gasteiger partial charge on any atom is 0.223 e. The van der Waals surface area contributed by atoms with E-state index in [1.54, 1.807) is 0 Å². The monoisotopic (exact) mass is 408 g/mol. The number of likely N-dealkylation sites (tertiary alicyclic amines) is 1. The van der Waals surface area contributed by atoms with Crippen LogP contribution in [0.4, 0.5) is 0 Å². The van der Waals surface area contributed by atoms with Crippen LogP contribution in [0.1, 0.15) is 49.8 Å². The molecule has 0 bridgehead atoms. The van der Waals surface area contributed by atoms with Gasteiger partial charge in [-0.1, -0.05) is 36.4 Å². The number of piperidine rings is 1. The van der Waals surface area contributed by atoms with Crippen LogP contribution in [-0.2, 0) is 17.8 Å². The Hall–Kier alpha value is -2.33. The lowest BCUT2D eigenvalue weighted by Crippen LogP contribution is -2.40. The fraction of sp³-hybridized carbons (Fsp3) is 0.500. The first-order chi connectivity index (χ1) is 14.5. The standard InChI is InChI=1S/C26H36N2O2/c1-20(2)30-25-12-10-22(11-13-25)8-6-16-27-26(29)23-14-17-28(18-15-23)19-24-9-5-4-7-21(24)3/h4-5,7,9-13,20,23H,6,8,14-19H2,1-3H3,(H,27,29). The van der Waals surface area contributed by atoms with Gasteiger partial charge in [0.1, 0.15) is 5.75 Å². The van der Waals surface area contributed by atoms with Gasteiger partial charge in [0.05, 0.1) is 6.10 Å². The Morgan fingerprint density at radius 3 is 2.47 bits per heavy atom. The first-order valence-electron chi connectivity index (χ1n) is 11.3.